The fraction of sp³-hybridized carbons (Fsp3) is 0.481. The van der Waals surface area contributed by atoms with Gasteiger partial charge in [0.05, 0.1) is 12.5 Å². The molecular formula is C27H33FN4O3. The summed E-state index contributed by atoms with van der Waals surface area (Å²) in [6.45, 7) is 4.03. The van der Waals surface area contributed by atoms with Crippen LogP contribution in [0.2, 0.25) is 0 Å². The molecule has 2 aromatic rings. The number of hydrogen-bond donors (Lipinski definition) is 1. The Balaban J connectivity index is 1.23. The standard InChI is InChI=1S/C27H33FN4O3/c1-35-26(34)31-16-14-30(15-17-31)22-9-10-23(24(28)18-22)27(11-12-27)25(33)29-20-6-5-13-32(19-20)21-7-3-2-4-8-21/h2-4,7-10,18,20H,5-6,11-17,19H2,1H3,(H,29,33). The van der Waals surface area contributed by atoms with Crippen LogP contribution < -0.4 is 15.1 Å². The van der Waals surface area contributed by atoms with E-state index in [0.717, 1.165) is 31.6 Å². The van der Waals surface area contributed by atoms with Crippen LogP contribution in [0.3, 0.4) is 0 Å². The number of piperidine rings is 1. The average molecular weight is 481 g/mol. The van der Waals surface area contributed by atoms with Crippen LogP contribution in [0.5, 0.6) is 0 Å². The second kappa shape index (κ2) is 9.76. The Morgan fingerprint density at radius 1 is 0.971 bits per heavy atom. The number of ether oxygens (including phenoxy) is 1. The summed E-state index contributed by atoms with van der Waals surface area (Å²) >= 11 is 0. The van der Waals surface area contributed by atoms with Gasteiger partial charge in [-0.15, -0.1) is 0 Å². The van der Waals surface area contributed by atoms with Crippen LogP contribution in [0.4, 0.5) is 20.6 Å². The lowest BCUT2D eigenvalue weighted by Crippen LogP contribution is -2.50. The van der Waals surface area contributed by atoms with Gasteiger partial charge in [-0.25, -0.2) is 9.18 Å². The fourth-order valence-electron chi connectivity index (χ4n) is 5.40. The van der Waals surface area contributed by atoms with Crippen LogP contribution in [0, 0.1) is 5.82 Å². The van der Waals surface area contributed by atoms with Crippen molar-refractivity contribution < 1.29 is 18.7 Å². The molecule has 0 radical (unpaired) electrons. The molecule has 1 aliphatic carbocycles. The van der Waals surface area contributed by atoms with Crippen molar-refractivity contribution in [3.8, 4) is 0 Å². The van der Waals surface area contributed by atoms with E-state index in [1.54, 1.807) is 11.0 Å². The van der Waals surface area contributed by atoms with Gasteiger partial charge in [-0.1, -0.05) is 24.3 Å². The fourth-order valence-corrected chi connectivity index (χ4v) is 5.40. The minimum absolute atomic E-state index is 0.0578. The first-order chi connectivity index (χ1) is 17.0. The second-order valence-corrected chi connectivity index (χ2v) is 9.78. The molecule has 3 aliphatic rings. The molecule has 2 aliphatic heterocycles. The molecule has 1 N–H and O–H groups in total. The molecule has 1 saturated carbocycles. The number of piperazine rings is 1. The summed E-state index contributed by atoms with van der Waals surface area (Å²) in [6, 6.07) is 15.5. The first kappa shape index (κ1) is 23.5. The van der Waals surface area contributed by atoms with Gasteiger partial charge in [-0.05, 0) is 49.9 Å². The van der Waals surface area contributed by atoms with E-state index in [4.69, 9.17) is 4.74 Å². The largest absolute Gasteiger partial charge is 0.453 e. The molecule has 35 heavy (non-hydrogen) atoms. The summed E-state index contributed by atoms with van der Waals surface area (Å²) in [6.07, 6.45) is 2.95. The molecule has 2 aromatic carbocycles. The van der Waals surface area contributed by atoms with Crippen LogP contribution in [0.15, 0.2) is 48.5 Å². The Hall–Kier alpha value is -3.29. The van der Waals surface area contributed by atoms with Crippen LogP contribution >= 0.6 is 0 Å². The van der Waals surface area contributed by atoms with Gasteiger partial charge in [0.15, 0.2) is 0 Å². The zero-order valence-corrected chi connectivity index (χ0v) is 20.2. The van der Waals surface area contributed by atoms with Crippen molar-refractivity contribution >= 4 is 23.4 Å². The highest BCUT2D eigenvalue weighted by Crippen LogP contribution is 2.50. The molecule has 0 aromatic heterocycles. The van der Waals surface area contributed by atoms with E-state index in [2.05, 4.69) is 27.2 Å². The monoisotopic (exact) mass is 480 g/mol. The smallest absolute Gasteiger partial charge is 0.409 e. The van der Waals surface area contributed by atoms with Crippen molar-refractivity contribution in [2.75, 3.05) is 56.2 Å². The molecule has 2 heterocycles. The van der Waals surface area contributed by atoms with Gasteiger partial charge < -0.3 is 24.8 Å². The molecule has 3 fully saturated rings. The summed E-state index contributed by atoms with van der Waals surface area (Å²) in [5, 5.41) is 3.24. The Labute approximate surface area is 205 Å². The number of hydrogen-bond acceptors (Lipinski definition) is 5. The predicted molar refractivity (Wildman–Crippen MR) is 133 cm³/mol. The normalized spacial score (nSPS) is 21.4. The molecule has 0 spiro atoms. The first-order valence-corrected chi connectivity index (χ1v) is 12.5. The van der Waals surface area contributed by atoms with E-state index in [1.807, 2.05) is 24.3 Å². The molecule has 8 heteroatoms. The zero-order valence-electron chi connectivity index (χ0n) is 20.2. The third-order valence-electron chi connectivity index (χ3n) is 7.61. The highest BCUT2D eigenvalue weighted by molar-refractivity contribution is 5.91. The molecule has 2 amide bonds. The Bertz CT molecular complexity index is 1070. The average Bonchev–Trinajstić information content (AvgIpc) is 3.71. The van der Waals surface area contributed by atoms with E-state index >= 15 is 4.39 Å². The van der Waals surface area contributed by atoms with Crippen LogP contribution in [0.25, 0.3) is 0 Å². The van der Waals surface area contributed by atoms with Crippen molar-refractivity contribution in [3.63, 3.8) is 0 Å². The van der Waals surface area contributed by atoms with Crippen molar-refractivity contribution in [1.82, 2.24) is 10.2 Å². The van der Waals surface area contributed by atoms with Crippen LogP contribution in [-0.2, 0) is 14.9 Å². The molecule has 7 nitrogen and oxygen atoms in total. The summed E-state index contributed by atoms with van der Waals surface area (Å²) in [5.41, 5.74) is 1.67. The number of carbonyl (C=O) groups excluding carboxylic acids is 2. The quantitative estimate of drug-likeness (QED) is 0.709. The SMILES string of the molecule is COC(=O)N1CCN(c2ccc(C3(C(=O)NC4CCCN(c5ccccc5)C4)CC3)c(F)c2)CC1. The maximum Gasteiger partial charge on any atom is 0.409 e. The Morgan fingerprint density at radius 3 is 2.37 bits per heavy atom. The first-order valence-electron chi connectivity index (χ1n) is 12.5. The summed E-state index contributed by atoms with van der Waals surface area (Å²) < 4.78 is 20.1. The molecule has 2 saturated heterocycles. The predicted octanol–water partition coefficient (Wildman–Crippen LogP) is 3.53. The van der Waals surface area contributed by atoms with Gasteiger partial charge in [0.25, 0.3) is 0 Å². The van der Waals surface area contributed by atoms with E-state index in [9.17, 15) is 9.59 Å². The van der Waals surface area contributed by atoms with E-state index in [-0.39, 0.29) is 23.9 Å². The summed E-state index contributed by atoms with van der Waals surface area (Å²) in [7, 11) is 1.38. The second-order valence-electron chi connectivity index (χ2n) is 9.78. The minimum atomic E-state index is -0.763. The topological polar surface area (TPSA) is 65.1 Å². The molecule has 5 rings (SSSR count). The van der Waals surface area contributed by atoms with E-state index in [1.165, 1.54) is 18.9 Å². The number of nitrogens with zero attached hydrogens (tertiary/aromatic N) is 3. The van der Waals surface area contributed by atoms with Crippen molar-refractivity contribution in [2.24, 2.45) is 0 Å². The minimum Gasteiger partial charge on any atom is -0.453 e. The number of amides is 2. The number of methoxy groups -OCH3 is 1. The van der Waals surface area contributed by atoms with Gasteiger partial charge in [0.1, 0.15) is 5.82 Å². The number of carbonyl (C=O) groups is 2. The summed E-state index contributed by atoms with van der Waals surface area (Å²) in [5.74, 6) is -0.393. The number of halogens is 1. The zero-order chi connectivity index (χ0) is 24.4. The van der Waals surface area contributed by atoms with E-state index in [0.29, 0.717) is 44.6 Å². The number of para-hydroxylation sites is 1. The number of rotatable bonds is 5. The van der Waals surface area contributed by atoms with Gasteiger partial charge in [-0.3, -0.25) is 4.79 Å². The maximum absolute atomic E-state index is 15.3. The van der Waals surface area contributed by atoms with Gasteiger partial charge >= 0.3 is 6.09 Å². The molecular weight excluding hydrogens is 447 g/mol. The molecule has 186 valence electrons. The molecule has 1 unspecified atom stereocenters. The molecule has 0 bridgehead atoms. The lowest BCUT2D eigenvalue weighted by atomic mass is 9.93. The van der Waals surface area contributed by atoms with Gasteiger partial charge in [-0.2, -0.15) is 0 Å². The van der Waals surface area contributed by atoms with Crippen molar-refractivity contribution in [3.05, 3.63) is 59.9 Å². The highest BCUT2D eigenvalue weighted by atomic mass is 19.1. The maximum atomic E-state index is 15.3. The van der Waals surface area contributed by atoms with Gasteiger partial charge in [0.2, 0.25) is 5.91 Å². The van der Waals surface area contributed by atoms with Crippen LogP contribution in [-0.4, -0.2) is 69.3 Å². The summed E-state index contributed by atoms with van der Waals surface area (Å²) in [4.78, 5) is 31.1. The highest BCUT2D eigenvalue weighted by Gasteiger charge is 2.53. The third-order valence-corrected chi connectivity index (χ3v) is 7.61. The lowest BCUT2D eigenvalue weighted by molar-refractivity contribution is -0.124. The van der Waals surface area contributed by atoms with Crippen LogP contribution in [0.1, 0.15) is 31.2 Å². The van der Waals surface area contributed by atoms with E-state index < -0.39 is 5.41 Å². The lowest BCUT2D eigenvalue weighted by Gasteiger charge is -2.36. The number of anilines is 2. The third kappa shape index (κ3) is 4.79. The number of nitrogens with one attached hydrogen (secondary N) is 1. The van der Waals surface area contributed by atoms with Crippen molar-refractivity contribution in [2.45, 2.75) is 37.1 Å². The number of benzene rings is 2. The Kier molecular flexibility index (Phi) is 6.54. The molecule has 1 atom stereocenters. The van der Waals surface area contributed by atoms with Gasteiger partial charge in [0, 0.05) is 62.2 Å². The van der Waals surface area contributed by atoms with Crippen molar-refractivity contribution in [1.29, 1.82) is 0 Å². The Morgan fingerprint density at radius 2 is 1.71 bits per heavy atom.